The van der Waals surface area contributed by atoms with Gasteiger partial charge in [0.2, 0.25) is 0 Å². The molecule has 0 aliphatic carbocycles. The van der Waals surface area contributed by atoms with Crippen LogP contribution in [0.3, 0.4) is 0 Å². The van der Waals surface area contributed by atoms with Gasteiger partial charge < -0.3 is 10.2 Å². The lowest BCUT2D eigenvalue weighted by molar-refractivity contribution is -0.193. The third-order valence-corrected chi connectivity index (χ3v) is 6.93. The molecule has 2 heterocycles. The van der Waals surface area contributed by atoms with E-state index in [1.807, 2.05) is 18.2 Å². The molecule has 0 bridgehead atoms. The van der Waals surface area contributed by atoms with E-state index in [2.05, 4.69) is 9.80 Å². The van der Waals surface area contributed by atoms with Gasteiger partial charge in [-0.15, -0.1) is 0 Å². The lowest BCUT2D eigenvalue weighted by Gasteiger charge is -2.47. The molecule has 41 heavy (non-hydrogen) atoms. The van der Waals surface area contributed by atoms with Gasteiger partial charge in [0, 0.05) is 13.1 Å². The summed E-state index contributed by atoms with van der Waals surface area (Å²) in [6.07, 6.45) is -5.18. The Morgan fingerprint density at radius 2 is 1.05 bits per heavy atom. The smallest absolute Gasteiger partial charge is 0.475 e. The van der Waals surface area contributed by atoms with Crippen molar-refractivity contribution in [2.75, 3.05) is 26.2 Å². The molecule has 4 rings (SSSR count). The first kappa shape index (κ1) is 33.9. The van der Waals surface area contributed by atoms with Gasteiger partial charge in [-0.1, -0.05) is 24.3 Å². The molecule has 0 amide bonds. The average molecular weight is 599 g/mol. The fourth-order valence-corrected chi connectivity index (χ4v) is 4.61. The minimum atomic E-state index is -5.08. The third-order valence-electron chi connectivity index (χ3n) is 6.93. The number of nitrogens with zero attached hydrogens (tertiary/aromatic N) is 2. The van der Waals surface area contributed by atoms with Gasteiger partial charge in [0.1, 0.15) is 11.6 Å². The first-order valence-electron chi connectivity index (χ1n) is 12.5. The van der Waals surface area contributed by atoms with Crippen LogP contribution < -0.4 is 0 Å². The minimum Gasteiger partial charge on any atom is -0.475 e. The minimum absolute atomic E-state index is 0.144. The van der Waals surface area contributed by atoms with Crippen LogP contribution in [0.5, 0.6) is 0 Å². The largest absolute Gasteiger partial charge is 0.490 e. The van der Waals surface area contributed by atoms with Crippen molar-refractivity contribution in [3.8, 4) is 0 Å². The summed E-state index contributed by atoms with van der Waals surface area (Å²) in [5.74, 6) is -5.82. The van der Waals surface area contributed by atoms with Gasteiger partial charge in [-0.05, 0) is 92.7 Å². The second kappa shape index (κ2) is 14.6. The highest BCUT2D eigenvalue weighted by molar-refractivity contribution is 5.73. The van der Waals surface area contributed by atoms with Crippen LogP contribution in [-0.4, -0.2) is 70.5 Å². The van der Waals surface area contributed by atoms with Gasteiger partial charge in [-0.2, -0.15) is 26.3 Å². The second-order valence-corrected chi connectivity index (χ2v) is 9.91. The van der Waals surface area contributed by atoms with Crippen molar-refractivity contribution in [2.45, 2.75) is 51.1 Å². The Balaban J connectivity index is 0.000000349. The van der Waals surface area contributed by atoms with Crippen LogP contribution in [0.1, 0.15) is 36.8 Å². The first-order chi connectivity index (χ1) is 19.0. The van der Waals surface area contributed by atoms with Crippen LogP contribution in [0.15, 0.2) is 48.5 Å². The number of carboxylic acid groups (broad SMARTS) is 2. The topological polar surface area (TPSA) is 81.1 Å². The number of rotatable bonds is 4. The van der Waals surface area contributed by atoms with Crippen molar-refractivity contribution >= 4 is 11.9 Å². The van der Waals surface area contributed by atoms with E-state index in [9.17, 15) is 35.1 Å². The summed E-state index contributed by atoms with van der Waals surface area (Å²) < 4.78 is 89.9. The van der Waals surface area contributed by atoms with Crippen molar-refractivity contribution in [1.29, 1.82) is 0 Å². The molecule has 2 N–H and O–H groups in total. The summed E-state index contributed by atoms with van der Waals surface area (Å²) in [4.78, 5) is 22.8. The summed E-state index contributed by atoms with van der Waals surface area (Å²) >= 11 is 0. The number of alkyl halides is 6. The molecule has 2 aliphatic heterocycles. The molecule has 0 aromatic heterocycles. The maximum atomic E-state index is 13.4. The molecule has 2 aliphatic rings. The summed E-state index contributed by atoms with van der Waals surface area (Å²) in [7, 11) is 0. The van der Waals surface area contributed by atoms with E-state index in [0.717, 1.165) is 44.8 Å². The Hall–Kier alpha value is -3.26. The van der Waals surface area contributed by atoms with E-state index in [0.29, 0.717) is 5.41 Å². The monoisotopic (exact) mass is 598 g/mol. The molecule has 228 valence electrons. The Morgan fingerprint density at radius 3 is 1.41 bits per heavy atom. The number of benzene rings is 2. The number of halogens is 8. The molecule has 0 unspecified atom stereocenters. The number of carbonyl (C=O) groups is 2. The predicted molar refractivity (Wildman–Crippen MR) is 132 cm³/mol. The second-order valence-electron chi connectivity index (χ2n) is 9.91. The number of likely N-dealkylation sites (tertiary alicyclic amines) is 2. The average Bonchev–Trinajstić information content (AvgIpc) is 2.88. The van der Waals surface area contributed by atoms with E-state index in [1.54, 1.807) is 24.3 Å². The van der Waals surface area contributed by atoms with Gasteiger partial charge in [0.25, 0.3) is 0 Å². The lowest BCUT2D eigenvalue weighted by Crippen LogP contribution is -2.46. The number of piperidine rings is 2. The fourth-order valence-electron chi connectivity index (χ4n) is 4.61. The molecule has 14 heteroatoms. The molecule has 2 fully saturated rings. The molecule has 0 atom stereocenters. The van der Waals surface area contributed by atoms with Crippen molar-refractivity contribution < 1.29 is 54.9 Å². The summed E-state index contributed by atoms with van der Waals surface area (Å²) in [5.41, 5.74) is 2.75. The standard InChI is InChI=1S/C23H28F2N2.2C2HF3O2/c24-21-6-4-19(5-7-21)17-26-12-8-23(9-13-26)10-14-27(15-11-23)18-20-2-1-3-22(25)16-20;2*3-2(4,5)1(6)7/h1-7,16H,8-15,17-18H2;2*(H,6,7). The van der Waals surface area contributed by atoms with Crippen molar-refractivity contribution in [1.82, 2.24) is 9.80 Å². The van der Waals surface area contributed by atoms with Crippen molar-refractivity contribution in [3.63, 3.8) is 0 Å². The Bertz CT molecular complexity index is 1100. The lowest BCUT2D eigenvalue weighted by atomic mass is 9.71. The molecular weight excluding hydrogens is 568 g/mol. The van der Waals surface area contributed by atoms with Gasteiger partial charge in [-0.25, -0.2) is 18.4 Å². The normalized spacial score (nSPS) is 17.6. The van der Waals surface area contributed by atoms with Crippen LogP contribution in [0.4, 0.5) is 35.1 Å². The molecule has 0 radical (unpaired) electrons. The molecule has 2 aromatic carbocycles. The number of carboxylic acids is 2. The molecule has 0 saturated carbocycles. The number of hydrogen-bond acceptors (Lipinski definition) is 4. The highest BCUT2D eigenvalue weighted by Crippen LogP contribution is 2.41. The molecule has 6 nitrogen and oxygen atoms in total. The zero-order valence-corrected chi connectivity index (χ0v) is 21.8. The van der Waals surface area contributed by atoms with Crippen molar-refractivity contribution in [3.05, 3.63) is 71.3 Å². The quantitative estimate of drug-likeness (QED) is 0.414. The number of hydrogen-bond donors (Lipinski definition) is 2. The van der Waals surface area contributed by atoms with Crippen molar-refractivity contribution in [2.24, 2.45) is 5.41 Å². The predicted octanol–water partition coefficient (Wildman–Crippen LogP) is 6.11. The van der Waals surface area contributed by atoms with Crippen LogP contribution in [0.2, 0.25) is 0 Å². The Kier molecular flexibility index (Phi) is 12.1. The third kappa shape index (κ3) is 12.0. The van der Waals surface area contributed by atoms with Crippen LogP contribution in [0.25, 0.3) is 0 Å². The highest BCUT2D eigenvalue weighted by atomic mass is 19.4. The van der Waals surface area contributed by atoms with Gasteiger partial charge in [-0.3, -0.25) is 9.80 Å². The molecular formula is C27H30F8N2O4. The molecule has 1 spiro atoms. The fraction of sp³-hybridized carbons (Fsp3) is 0.481. The van der Waals surface area contributed by atoms with E-state index in [1.165, 1.54) is 37.3 Å². The zero-order chi connectivity index (χ0) is 30.8. The van der Waals surface area contributed by atoms with E-state index >= 15 is 0 Å². The number of aliphatic carboxylic acids is 2. The summed E-state index contributed by atoms with van der Waals surface area (Å²) in [5, 5.41) is 14.2. The summed E-state index contributed by atoms with van der Waals surface area (Å²) in [6, 6.07) is 13.9. The van der Waals surface area contributed by atoms with Gasteiger partial charge in [0.15, 0.2) is 0 Å². The van der Waals surface area contributed by atoms with E-state index < -0.39 is 24.3 Å². The van der Waals surface area contributed by atoms with E-state index in [4.69, 9.17) is 19.8 Å². The van der Waals surface area contributed by atoms with Crippen LogP contribution in [0, 0.1) is 17.0 Å². The SMILES string of the molecule is Fc1ccc(CN2CCC3(CC2)CCN(Cc2cccc(F)c2)CC3)cc1.O=C(O)C(F)(F)F.O=C(O)C(F)(F)F. The van der Waals surface area contributed by atoms with Crippen LogP contribution >= 0.6 is 0 Å². The Morgan fingerprint density at radius 1 is 0.659 bits per heavy atom. The maximum Gasteiger partial charge on any atom is 0.490 e. The zero-order valence-electron chi connectivity index (χ0n) is 21.8. The summed E-state index contributed by atoms with van der Waals surface area (Å²) in [6.45, 7) is 6.23. The van der Waals surface area contributed by atoms with Crippen LogP contribution in [-0.2, 0) is 22.7 Å². The Labute approximate surface area is 231 Å². The first-order valence-corrected chi connectivity index (χ1v) is 12.5. The highest BCUT2D eigenvalue weighted by Gasteiger charge is 2.39. The van der Waals surface area contributed by atoms with Gasteiger partial charge >= 0.3 is 24.3 Å². The molecule has 2 saturated heterocycles. The van der Waals surface area contributed by atoms with E-state index in [-0.39, 0.29) is 11.6 Å². The molecule has 2 aromatic rings. The van der Waals surface area contributed by atoms with Gasteiger partial charge in [0.05, 0.1) is 0 Å². The maximum absolute atomic E-state index is 13.4.